The molecule has 0 saturated heterocycles. The maximum atomic E-state index is 6.10. The molecule has 0 radical (unpaired) electrons. The van der Waals surface area contributed by atoms with Gasteiger partial charge in [-0.25, -0.2) is 4.68 Å². The van der Waals surface area contributed by atoms with E-state index < -0.39 is 0 Å². The summed E-state index contributed by atoms with van der Waals surface area (Å²) in [4.78, 5) is 2.11. The number of aromatic nitrogens is 2. The van der Waals surface area contributed by atoms with E-state index in [1.54, 1.807) is 0 Å². The van der Waals surface area contributed by atoms with Crippen molar-refractivity contribution in [2.24, 2.45) is 0 Å². The van der Waals surface area contributed by atoms with Gasteiger partial charge in [-0.3, -0.25) is 0 Å². The molecular weight excluding hydrogens is 212 g/mol. The number of nitrogen functional groups attached to an aromatic ring is 1. The van der Waals surface area contributed by atoms with Crippen LogP contribution in [0.3, 0.4) is 0 Å². The predicted molar refractivity (Wildman–Crippen MR) is 70.6 cm³/mol. The van der Waals surface area contributed by atoms with Crippen LogP contribution in [0, 0.1) is 0 Å². The Bertz CT molecular complexity index is 473. The molecule has 4 nitrogen and oxygen atoms in total. The summed E-state index contributed by atoms with van der Waals surface area (Å²) in [5.74, 6) is 0.734. The van der Waals surface area contributed by atoms with Crippen LogP contribution < -0.4 is 5.73 Å². The minimum absolute atomic E-state index is 0.734. The highest BCUT2D eigenvalue weighted by Gasteiger charge is 2.08. The van der Waals surface area contributed by atoms with Gasteiger partial charge in [-0.1, -0.05) is 30.3 Å². The van der Waals surface area contributed by atoms with Gasteiger partial charge >= 0.3 is 0 Å². The minimum atomic E-state index is 0.734. The van der Waals surface area contributed by atoms with Gasteiger partial charge in [0.25, 0.3) is 0 Å². The summed E-state index contributed by atoms with van der Waals surface area (Å²) in [5, 5.41) is 4.33. The largest absolute Gasteiger partial charge is 0.383 e. The van der Waals surface area contributed by atoms with Gasteiger partial charge in [-0.15, -0.1) is 0 Å². The summed E-state index contributed by atoms with van der Waals surface area (Å²) in [7, 11) is 4.08. The fraction of sp³-hybridized carbons (Fsp3) is 0.308. The average Bonchev–Trinajstić information content (AvgIpc) is 2.69. The molecule has 0 aliphatic heterocycles. The van der Waals surface area contributed by atoms with Crippen LogP contribution in [0.4, 0.5) is 5.82 Å². The number of nitrogens with two attached hydrogens (primary N) is 1. The van der Waals surface area contributed by atoms with E-state index in [2.05, 4.69) is 10.00 Å². The summed E-state index contributed by atoms with van der Waals surface area (Å²) in [6, 6.07) is 10.1. The molecule has 1 heterocycles. The Morgan fingerprint density at radius 3 is 2.59 bits per heavy atom. The van der Waals surface area contributed by atoms with Gasteiger partial charge in [-0.05, 0) is 19.7 Å². The molecule has 17 heavy (non-hydrogen) atoms. The lowest BCUT2D eigenvalue weighted by atomic mass is 10.1. The second-order valence-corrected chi connectivity index (χ2v) is 4.34. The Kier molecular flexibility index (Phi) is 3.44. The number of rotatable bonds is 4. The monoisotopic (exact) mass is 230 g/mol. The summed E-state index contributed by atoms with van der Waals surface area (Å²) < 4.78 is 1.85. The molecule has 0 bridgehead atoms. The molecule has 1 aromatic carbocycles. The molecule has 4 heteroatoms. The SMILES string of the molecule is CN(C)CCn1ncc(-c2ccccc2)c1N. The standard InChI is InChI=1S/C13H18N4/c1-16(2)8-9-17-13(14)12(10-15-17)11-6-4-3-5-7-11/h3-7,10H,8-9,14H2,1-2H3. The highest BCUT2D eigenvalue weighted by molar-refractivity contribution is 5.73. The topological polar surface area (TPSA) is 47.1 Å². The van der Waals surface area contributed by atoms with Crippen LogP contribution in [0.1, 0.15) is 0 Å². The number of hydrogen-bond acceptors (Lipinski definition) is 3. The number of benzene rings is 1. The molecule has 90 valence electrons. The van der Waals surface area contributed by atoms with Gasteiger partial charge in [0, 0.05) is 12.1 Å². The van der Waals surface area contributed by atoms with Gasteiger partial charge in [0.15, 0.2) is 0 Å². The molecule has 0 fully saturated rings. The number of hydrogen-bond donors (Lipinski definition) is 1. The van der Waals surface area contributed by atoms with E-state index in [0.29, 0.717) is 0 Å². The second-order valence-electron chi connectivity index (χ2n) is 4.34. The summed E-state index contributed by atoms with van der Waals surface area (Å²) in [6.07, 6.45) is 1.83. The predicted octanol–water partition coefficient (Wildman–Crippen LogP) is 1.69. The van der Waals surface area contributed by atoms with Crippen LogP contribution >= 0.6 is 0 Å². The van der Waals surface area contributed by atoms with Gasteiger partial charge in [0.05, 0.1) is 12.7 Å². The molecule has 0 amide bonds. The Morgan fingerprint density at radius 2 is 1.94 bits per heavy atom. The first-order valence-corrected chi connectivity index (χ1v) is 5.70. The van der Waals surface area contributed by atoms with Crippen LogP contribution in [-0.4, -0.2) is 35.3 Å². The van der Waals surface area contributed by atoms with E-state index >= 15 is 0 Å². The molecule has 0 atom stereocenters. The van der Waals surface area contributed by atoms with Crippen molar-refractivity contribution in [1.29, 1.82) is 0 Å². The van der Waals surface area contributed by atoms with Crippen molar-refractivity contribution in [1.82, 2.24) is 14.7 Å². The third-order valence-corrected chi connectivity index (χ3v) is 2.72. The van der Waals surface area contributed by atoms with E-state index in [0.717, 1.165) is 30.0 Å². The first-order valence-electron chi connectivity index (χ1n) is 5.70. The van der Waals surface area contributed by atoms with Crippen molar-refractivity contribution in [3.8, 4) is 11.1 Å². The Hall–Kier alpha value is -1.81. The van der Waals surface area contributed by atoms with Crippen LogP contribution in [0.15, 0.2) is 36.5 Å². The van der Waals surface area contributed by atoms with E-state index in [9.17, 15) is 0 Å². The van der Waals surface area contributed by atoms with Crippen molar-refractivity contribution in [2.75, 3.05) is 26.4 Å². The van der Waals surface area contributed by atoms with E-state index in [1.807, 2.05) is 55.3 Å². The molecule has 0 saturated carbocycles. The van der Waals surface area contributed by atoms with Crippen molar-refractivity contribution in [2.45, 2.75) is 6.54 Å². The fourth-order valence-electron chi connectivity index (χ4n) is 1.71. The maximum absolute atomic E-state index is 6.10. The highest BCUT2D eigenvalue weighted by Crippen LogP contribution is 2.24. The first kappa shape index (κ1) is 11.7. The smallest absolute Gasteiger partial charge is 0.129 e. The fourth-order valence-corrected chi connectivity index (χ4v) is 1.71. The third kappa shape index (κ3) is 2.65. The quantitative estimate of drug-likeness (QED) is 0.869. The van der Waals surface area contributed by atoms with Crippen molar-refractivity contribution in [3.05, 3.63) is 36.5 Å². The molecule has 0 unspecified atom stereocenters. The summed E-state index contributed by atoms with van der Waals surface area (Å²) in [5.41, 5.74) is 8.22. The van der Waals surface area contributed by atoms with Crippen LogP contribution in [-0.2, 0) is 6.54 Å². The molecule has 2 aromatic rings. The normalized spacial score (nSPS) is 11.0. The van der Waals surface area contributed by atoms with E-state index in [-0.39, 0.29) is 0 Å². The van der Waals surface area contributed by atoms with Crippen molar-refractivity contribution >= 4 is 5.82 Å². The number of nitrogens with zero attached hydrogens (tertiary/aromatic N) is 3. The number of likely N-dealkylation sites (N-methyl/N-ethyl adjacent to an activating group) is 1. The molecule has 0 spiro atoms. The molecular formula is C13H18N4. The lowest BCUT2D eigenvalue weighted by molar-refractivity contribution is 0.375. The van der Waals surface area contributed by atoms with Gasteiger partial charge in [0.2, 0.25) is 0 Å². The minimum Gasteiger partial charge on any atom is -0.383 e. The molecule has 0 aliphatic carbocycles. The Balaban J connectivity index is 2.21. The van der Waals surface area contributed by atoms with Crippen molar-refractivity contribution < 1.29 is 0 Å². The Labute approximate surface area is 102 Å². The Morgan fingerprint density at radius 1 is 1.24 bits per heavy atom. The summed E-state index contributed by atoms with van der Waals surface area (Å²) >= 11 is 0. The average molecular weight is 230 g/mol. The summed E-state index contributed by atoms with van der Waals surface area (Å²) in [6.45, 7) is 1.74. The second kappa shape index (κ2) is 5.01. The molecule has 0 aliphatic rings. The number of anilines is 1. The van der Waals surface area contributed by atoms with Gasteiger partial charge < -0.3 is 10.6 Å². The van der Waals surface area contributed by atoms with Crippen LogP contribution in [0.25, 0.3) is 11.1 Å². The third-order valence-electron chi connectivity index (χ3n) is 2.72. The lowest BCUT2D eigenvalue weighted by Crippen LogP contribution is -2.19. The molecule has 2 rings (SSSR count). The van der Waals surface area contributed by atoms with E-state index in [1.165, 1.54) is 0 Å². The van der Waals surface area contributed by atoms with Gasteiger partial charge in [0.1, 0.15) is 5.82 Å². The highest BCUT2D eigenvalue weighted by atomic mass is 15.3. The van der Waals surface area contributed by atoms with Crippen LogP contribution in [0.2, 0.25) is 0 Å². The maximum Gasteiger partial charge on any atom is 0.129 e. The zero-order valence-electron chi connectivity index (χ0n) is 10.3. The molecule has 1 aromatic heterocycles. The lowest BCUT2D eigenvalue weighted by Gasteiger charge is -2.10. The zero-order chi connectivity index (χ0) is 12.3. The molecule has 2 N–H and O–H groups in total. The zero-order valence-corrected chi connectivity index (χ0v) is 10.3. The first-order chi connectivity index (χ1) is 8.18. The van der Waals surface area contributed by atoms with E-state index in [4.69, 9.17) is 5.73 Å². The van der Waals surface area contributed by atoms with Crippen LogP contribution in [0.5, 0.6) is 0 Å². The van der Waals surface area contributed by atoms with Crippen molar-refractivity contribution in [3.63, 3.8) is 0 Å². The van der Waals surface area contributed by atoms with Gasteiger partial charge in [-0.2, -0.15) is 5.10 Å².